The van der Waals surface area contributed by atoms with E-state index in [1.165, 1.54) is 29.0 Å². The van der Waals surface area contributed by atoms with Crippen LogP contribution in [0.5, 0.6) is 0 Å². The molecule has 0 bridgehead atoms. The number of likely N-dealkylation sites (tertiary alicyclic amines) is 1. The Morgan fingerprint density at radius 1 is 1.18 bits per heavy atom. The van der Waals surface area contributed by atoms with Crippen LogP contribution in [-0.4, -0.2) is 37.1 Å². The Morgan fingerprint density at radius 3 is 2.67 bits per heavy atom. The van der Waals surface area contributed by atoms with Gasteiger partial charge in [0.25, 0.3) is 5.91 Å². The minimum absolute atomic E-state index is 0.0978. The van der Waals surface area contributed by atoms with E-state index >= 15 is 0 Å². The van der Waals surface area contributed by atoms with Crippen molar-refractivity contribution in [3.63, 3.8) is 0 Å². The molecule has 1 fully saturated rings. The third-order valence-corrected chi connectivity index (χ3v) is 7.84. The normalized spacial score (nSPS) is 21.8. The monoisotopic (exact) mass is 468 g/mol. The Balaban J connectivity index is 1.38. The Kier molecular flexibility index (Phi) is 6.03. The zero-order chi connectivity index (χ0) is 23.0. The summed E-state index contributed by atoms with van der Waals surface area (Å²) in [5.41, 5.74) is 3.26. The summed E-state index contributed by atoms with van der Waals surface area (Å²) in [6, 6.07) is 13.6. The number of piperidine rings is 1. The number of halogens is 2. The molecule has 2 heterocycles. The number of carbonyl (C=O) groups is 1. The fourth-order valence-corrected chi connectivity index (χ4v) is 6.18. The molecule has 33 heavy (non-hydrogen) atoms. The minimum atomic E-state index is -0.560. The summed E-state index contributed by atoms with van der Waals surface area (Å²) in [5, 5.41) is 6.96. The molecular weight excluding hydrogens is 442 g/mol. The lowest BCUT2D eigenvalue weighted by atomic mass is 9.71. The molecule has 1 spiro atoms. The molecule has 4 nitrogen and oxygen atoms in total. The van der Waals surface area contributed by atoms with E-state index in [1.54, 1.807) is 7.11 Å². The Hall–Kier alpha value is -2.61. The molecule has 3 aromatic rings. The SMILES string of the molecule is CO[C@H]1[C@H](NC(=O)c2ccsc2)c2ccccc2C12CCN(Cc1ccc(F)cc1F)CC2. The summed E-state index contributed by atoms with van der Waals surface area (Å²) in [6.07, 6.45) is 1.47. The number of thiophene rings is 1. The first-order chi connectivity index (χ1) is 16.0. The molecule has 0 unspecified atom stereocenters. The number of benzene rings is 2. The van der Waals surface area contributed by atoms with Gasteiger partial charge >= 0.3 is 0 Å². The molecule has 1 aliphatic carbocycles. The number of ether oxygens (including phenoxy) is 1. The Bertz CT molecular complexity index is 1140. The van der Waals surface area contributed by atoms with Crippen molar-refractivity contribution in [1.82, 2.24) is 10.2 Å². The second-order valence-electron chi connectivity index (χ2n) is 8.87. The van der Waals surface area contributed by atoms with Gasteiger partial charge in [0, 0.05) is 36.1 Å². The van der Waals surface area contributed by atoms with Gasteiger partial charge in [-0.1, -0.05) is 30.3 Å². The maximum atomic E-state index is 14.2. The summed E-state index contributed by atoms with van der Waals surface area (Å²) in [7, 11) is 1.71. The highest BCUT2D eigenvalue weighted by molar-refractivity contribution is 7.08. The van der Waals surface area contributed by atoms with Crippen molar-refractivity contribution < 1.29 is 18.3 Å². The van der Waals surface area contributed by atoms with Crippen LogP contribution in [0.1, 0.15) is 45.9 Å². The fraction of sp³-hybridized carbons (Fsp3) is 0.346. The van der Waals surface area contributed by atoms with E-state index in [1.807, 2.05) is 29.0 Å². The molecule has 0 radical (unpaired) electrons. The van der Waals surface area contributed by atoms with Crippen molar-refractivity contribution in [1.29, 1.82) is 0 Å². The van der Waals surface area contributed by atoms with Crippen LogP contribution in [0.2, 0.25) is 0 Å². The van der Waals surface area contributed by atoms with E-state index in [9.17, 15) is 13.6 Å². The molecule has 1 aromatic heterocycles. The van der Waals surface area contributed by atoms with Crippen molar-refractivity contribution in [2.75, 3.05) is 20.2 Å². The molecule has 172 valence electrons. The number of hydrogen-bond acceptors (Lipinski definition) is 4. The molecule has 1 aliphatic heterocycles. The summed E-state index contributed by atoms with van der Waals surface area (Å²) < 4.78 is 33.5. The molecule has 7 heteroatoms. The first kappa shape index (κ1) is 22.2. The van der Waals surface area contributed by atoms with Gasteiger partial charge in [-0.2, -0.15) is 11.3 Å². The summed E-state index contributed by atoms with van der Waals surface area (Å²) in [5.74, 6) is -1.17. The predicted molar refractivity (Wildman–Crippen MR) is 124 cm³/mol. The van der Waals surface area contributed by atoms with Gasteiger partial charge in [-0.25, -0.2) is 8.78 Å². The minimum Gasteiger partial charge on any atom is -0.378 e. The van der Waals surface area contributed by atoms with Gasteiger partial charge in [0.2, 0.25) is 0 Å². The molecule has 1 saturated heterocycles. The van der Waals surface area contributed by atoms with E-state index in [0.29, 0.717) is 17.7 Å². The third kappa shape index (κ3) is 3.98. The smallest absolute Gasteiger partial charge is 0.252 e. The van der Waals surface area contributed by atoms with E-state index in [0.717, 1.165) is 37.6 Å². The van der Waals surface area contributed by atoms with Crippen molar-refractivity contribution in [3.05, 3.63) is 93.2 Å². The van der Waals surface area contributed by atoms with Gasteiger partial charge in [-0.05, 0) is 54.6 Å². The van der Waals surface area contributed by atoms with Gasteiger partial charge in [0.15, 0.2) is 0 Å². The quantitative estimate of drug-likeness (QED) is 0.569. The van der Waals surface area contributed by atoms with Gasteiger partial charge in [-0.15, -0.1) is 0 Å². The van der Waals surface area contributed by atoms with Gasteiger partial charge in [0.1, 0.15) is 11.6 Å². The molecule has 1 N–H and O–H groups in total. The maximum absolute atomic E-state index is 14.2. The number of nitrogens with one attached hydrogen (secondary N) is 1. The van der Waals surface area contributed by atoms with Crippen molar-refractivity contribution in [2.24, 2.45) is 0 Å². The molecule has 0 saturated carbocycles. The molecule has 2 aromatic carbocycles. The van der Waals surface area contributed by atoms with Crippen LogP contribution in [0, 0.1) is 11.6 Å². The van der Waals surface area contributed by atoms with E-state index < -0.39 is 11.6 Å². The Morgan fingerprint density at radius 2 is 1.97 bits per heavy atom. The Labute approximate surface area is 196 Å². The summed E-state index contributed by atoms with van der Waals surface area (Å²) >= 11 is 1.50. The van der Waals surface area contributed by atoms with Gasteiger partial charge < -0.3 is 10.1 Å². The zero-order valence-corrected chi connectivity index (χ0v) is 19.2. The third-order valence-electron chi connectivity index (χ3n) is 7.16. The number of nitrogens with zero attached hydrogens (tertiary/aromatic N) is 1. The molecule has 2 atom stereocenters. The number of methoxy groups -OCH3 is 1. The lowest BCUT2D eigenvalue weighted by Crippen LogP contribution is -2.50. The van der Waals surface area contributed by atoms with Crippen LogP contribution in [0.15, 0.2) is 59.3 Å². The van der Waals surface area contributed by atoms with Crippen molar-refractivity contribution >= 4 is 17.2 Å². The molecule has 1 amide bonds. The second-order valence-corrected chi connectivity index (χ2v) is 9.65. The molecule has 5 rings (SSSR count). The number of fused-ring (bicyclic) bond motifs is 2. The van der Waals surface area contributed by atoms with Crippen LogP contribution in [0.4, 0.5) is 8.78 Å². The second kappa shape index (κ2) is 8.97. The van der Waals surface area contributed by atoms with Crippen LogP contribution in [0.3, 0.4) is 0 Å². The number of hydrogen-bond donors (Lipinski definition) is 1. The van der Waals surface area contributed by atoms with Crippen molar-refractivity contribution in [2.45, 2.75) is 36.9 Å². The first-order valence-electron chi connectivity index (χ1n) is 11.1. The van der Waals surface area contributed by atoms with Crippen LogP contribution >= 0.6 is 11.3 Å². The van der Waals surface area contributed by atoms with E-state index in [2.05, 4.69) is 22.3 Å². The average molecular weight is 469 g/mol. The standard InChI is InChI=1S/C26H26F2N2O2S/c1-32-24-23(29-25(31)18-8-13-33-16-18)20-4-2-3-5-21(20)26(24)9-11-30(12-10-26)15-17-6-7-19(27)14-22(17)28/h2-8,13-14,16,23-24H,9-12,15H2,1H3,(H,29,31)/t23-,24+/m1/s1. The highest BCUT2D eigenvalue weighted by Gasteiger charge is 2.54. The van der Waals surface area contributed by atoms with E-state index in [-0.39, 0.29) is 23.5 Å². The average Bonchev–Trinajstić information content (AvgIpc) is 3.44. The topological polar surface area (TPSA) is 41.6 Å². The highest BCUT2D eigenvalue weighted by atomic mass is 32.1. The van der Waals surface area contributed by atoms with Gasteiger partial charge in [-0.3, -0.25) is 9.69 Å². The fourth-order valence-electron chi connectivity index (χ4n) is 5.55. The lowest BCUT2D eigenvalue weighted by Gasteiger charge is -2.44. The largest absolute Gasteiger partial charge is 0.378 e. The zero-order valence-electron chi connectivity index (χ0n) is 18.4. The van der Waals surface area contributed by atoms with E-state index in [4.69, 9.17) is 4.74 Å². The number of carbonyl (C=O) groups excluding carboxylic acids is 1. The molecule has 2 aliphatic rings. The van der Waals surface area contributed by atoms with Gasteiger partial charge in [0.05, 0.1) is 17.7 Å². The summed E-state index contributed by atoms with van der Waals surface area (Å²) in [4.78, 5) is 15.1. The van der Waals surface area contributed by atoms with Crippen molar-refractivity contribution in [3.8, 4) is 0 Å². The first-order valence-corrected chi connectivity index (χ1v) is 12.1. The van der Waals surface area contributed by atoms with Crippen LogP contribution < -0.4 is 5.32 Å². The molecular formula is C26H26F2N2O2S. The maximum Gasteiger partial charge on any atom is 0.252 e. The summed E-state index contributed by atoms with van der Waals surface area (Å²) in [6.45, 7) is 1.96. The number of amides is 1. The highest BCUT2D eigenvalue weighted by Crippen LogP contribution is 2.52. The number of rotatable bonds is 5. The predicted octanol–water partition coefficient (Wildman–Crippen LogP) is 5.06. The van der Waals surface area contributed by atoms with Crippen LogP contribution in [-0.2, 0) is 16.7 Å². The van der Waals surface area contributed by atoms with Crippen LogP contribution in [0.25, 0.3) is 0 Å². The lowest BCUT2D eigenvalue weighted by molar-refractivity contribution is -0.0123.